The fourth-order valence-corrected chi connectivity index (χ4v) is 3.22. The van der Waals surface area contributed by atoms with Crippen LogP contribution in [-0.4, -0.2) is 44.4 Å². The molecular formula is C16H22ClNO3. The molecule has 0 unspecified atom stereocenters. The second-order valence-electron chi connectivity index (χ2n) is 5.67. The van der Waals surface area contributed by atoms with Crippen LogP contribution in [0, 0.1) is 0 Å². The van der Waals surface area contributed by atoms with Gasteiger partial charge in [-0.15, -0.1) is 0 Å². The summed E-state index contributed by atoms with van der Waals surface area (Å²) in [7, 11) is 1.80. The van der Waals surface area contributed by atoms with E-state index >= 15 is 0 Å². The van der Waals surface area contributed by atoms with Crippen molar-refractivity contribution in [1.82, 2.24) is 4.90 Å². The Morgan fingerprint density at radius 2 is 2.00 bits per heavy atom. The Balaban J connectivity index is 1.69. The number of ether oxygens (including phenoxy) is 3. The van der Waals surface area contributed by atoms with Crippen LogP contribution < -0.4 is 9.47 Å². The van der Waals surface area contributed by atoms with Gasteiger partial charge in [0, 0.05) is 33.2 Å². The molecule has 0 saturated carbocycles. The Bertz CT molecular complexity index is 487. The summed E-state index contributed by atoms with van der Waals surface area (Å²) < 4.78 is 16.8. The molecule has 2 aliphatic heterocycles. The van der Waals surface area contributed by atoms with Gasteiger partial charge in [-0.2, -0.15) is 0 Å². The number of benzene rings is 1. The minimum absolute atomic E-state index is 0.411. The fourth-order valence-electron chi connectivity index (χ4n) is 2.94. The first kappa shape index (κ1) is 14.9. The minimum Gasteiger partial charge on any atom is -0.489 e. The molecule has 0 aromatic heterocycles. The molecule has 0 N–H and O–H groups in total. The van der Waals surface area contributed by atoms with Gasteiger partial charge < -0.3 is 14.2 Å². The van der Waals surface area contributed by atoms with E-state index in [-0.39, 0.29) is 0 Å². The summed E-state index contributed by atoms with van der Waals surface area (Å²) in [5.74, 6) is 1.47. The van der Waals surface area contributed by atoms with Gasteiger partial charge in [-0.25, -0.2) is 0 Å². The number of halogens is 1. The standard InChI is InChI=1S/C16H22ClNO3/c1-19-13-3-5-18(6-4-13)11-12-9-14(17)16-15(10-12)20-7-2-8-21-16/h9-10,13H,2-8,11H2,1H3. The van der Waals surface area contributed by atoms with Gasteiger partial charge in [-0.3, -0.25) is 4.90 Å². The van der Waals surface area contributed by atoms with E-state index in [0.29, 0.717) is 30.1 Å². The number of fused-ring (bicyclic) bond motifs is 1. The van der Waals surface area contributed by atoms with Crippen LogP contribution in [0.2, 0.25) is 5.02 Å². The molecular weight excluding hydrogens is 290 g/mol. The van der Waals surface area contributed by atoms with Crippen molar-refractivity contribution in [3.63, 3.8) is 0 Å². The predicted molar refractivity (Wildman–Crippen MR) is 82.4 cm³/mol. The van der Waals surface area contributed by atoms with Gasteiger partial charge in [0.05, 0.1) is 24.3 Å². The van der Waals surface area contributed by atoms with Gasteiger partial charge >= 0.3 is 0 Å². The van der Waals surface area contributed by atoms with Gasteiger partial charge in [-0.1, -0.05) is 11.6 Å². The fraction of sp³-hybridized carbons (Fsp3) is 0.625. The highest BCUT2D eigenvalue weighted by molar-refractivity contribution is 6.32. The summed E-state index contributed by atoms with van der Waals surface area (Å²) in [5.41, 5.74) is 1.18. The third-order valence-electron chi connectivity index (χ3n) is 4.14. The average Bonchev–Trinajstić information content (AvgIpc) is 2.74. The first-order chi connectivity index (χ1) is 10.3. The lowest BCUT2D eigenvalue weighted by atomic mass is 10.1. The largest absolute Gasteiger partial charge is 0.489 e. The van der Waals surface area contributed by atoms with Crippen molar-refractivity contribution in [3.05, 3.63) is 22.7 Å². The van der Waals surface area contributed by atoms with Gasteiger partial charge in [0.2, 0.25) is 0 Å². The van der Waals surface area contributed by atoms with E-state index in [1.807, 2.05) is 6.07 Å². The number of rotatable bonds is 3. The average molecular weight is 312 g/mol. The molecule has 2 heterocycles. The lowest BCUT2D eigenvalue weighted by Crippen LogP contribution is -2.36. The number of hydrogen-bond donors (Lipinski definition) is 0. The lowest BCUT2D eigenvalue weighted by molar-refractivity contribution is 0.0388. The van der Waals surface area contributed by atoms with E-state index in [9.17, 15) is 0 Å². The topological polar surface area (TPSA) is 30.9 Å². The summed E-state index contributed by atoms with van der Waals surface area (Å²) in [4.78, 5) is 2.44. The van der Waals surface area contributed by atoms with Crippen LogP contribution in [0.5, 0.6) is 11.5 Å². The van der Waals surface area contributed by atoms with Crippen LogP contribution in [0.15, 0.2) is 12.1 Å². The number of hydrogen-bond acceptors (Lipinski definition) is 4. The van der Waals surface area contributed by atoms with Crippen molar-refractivity contribution >= 4 is 11.6 Å². The molecule has 2 aliphatic rings. The van der Waals surface area contributed by atoms with E-state index in [2.05, 4.69) is 11.0 Å². The summed E-state index contributed by atoms with van der Waals surface area (Å²) in [5, 5.41) is 0.649. The number of nitrogens with zero attached hydrogens (tertiary/aromatic N) is 1. The maximum Gasteiger partial charge on any atom is 0.179 e. The minimum atomic E-state index is 0.411. The molecule has 0 amide bonds. The molecule has 0 spiro atoms. The van der Waals surface area contributed by atoms with E-state index < -0.39 is 0 Å². The third-order valence-corrected chi connectivity index (χ3v) is 4.42. The summed E-state index contributed by atoms with van der Waals surface area (Å²) in [6, 6.07) is 4.06. The van der Waals surface area contributed by atoms with Crippen LogP contribution >= 0.6 is 11.6 Å². The molecule has 3 rings (SSSR count). The molecule has 1 saturated heterocycles. The lowest BCUT2D eigenvalue weighted by Gasteiger charge is -2.31. The zero-order valence-corrected chi connectivity index (χ0v) is 13.2. The highest BCUT2D eigenvalue weighted by atomic mass is 35.5. The van der Waals surface area contributed by atoms with Gasteiger partial charge in [-0.05, 0) is 30.5 Å². The molecule has 0 atom stereocenters. The molecule has 0 bridgehead atoms. The molecule has 0 radical (unpaired) electrons. The van der Waals surface area contributed by atoms with Crippen molar-refractivity contribution in [2.75, 3.05) is 33.4 Å². The Labute approximate surface area is 130 Å². The van der Waals surface area contributed by atoms with Gasteiger partial charge in [0.1, 0.15) is 0 Å². The molecule has 1 fully saturated rings. The van der Waals surface area contributed by atoms with Gasteiger partial charge in [0.25, 0.3) is 0 Å². The summed E-state index contributed by atoms with van der Waals surface area (Å²) >= 11 is 6.34. The van der Waals surface area contributed by atoms with Crippen LogP contribution in [0.4, 0.5) is 0 Å². The molecule has 21 heavy (non-hydrogen) atoms. The van der Waals surface area contributed by atoms with Crippen LogP contribution in [0.1, 0.15) is 24.8 Å². The first-order valence-electron chi connectivity index (χ1n) is 7.59. The van der Waals surface area contributed by atoms with E-state index in [1.165, 1.54) is 5.56 Å². The predicted octanol–water partition coefficient (Wildman–Crippen LogP) is 3.11. The Kier molecular flexibility index (Phi) is 4.88. The van der Waals surface area contributed by atoms with E-state index in [4.69, 9.17) is 25.8 Å². The normalized spacial score (nSPS) is 20.3. The van der Waals surface area contributed by atoms with Crippen molar-refractivity contribution < 1.29 is 14.2 Å². The summed E-state index contributed by atoms with van der Waals surface area (Å²) in [6.07, 6.45) is 3.49. The maximum atomic E-state index is 6.34. The zero-order chi connectivity index (χ0) is 14.7. The molecule has 4 nitrogen and oxygen atoms in total. The Hall–Kier alpha value is -0.970. The van der Waals surface area contributed by atoms with E-state index in [0.717, 1.165) is 44.6 Å². The van der Waals surface area contributed by atoms with Crippen LogP contribution in [-0.2, 0) is 11.3 Å². The van der Waals surface area contributed by atoms with Gasteiger partial charge in [0.15, 0.2) is 11.5 Å². The monoisotopic (exact) mass is 311 g/mol. The Morgan fingerprint density at radius 1 is 1.24 bits per heavy atom. The highest BCUT2D eigenvalue weighted by Gasteiger charge is 2.20. The number of piperidine rings is 1. The second kappa shape index (κ2) is 6.86. The van der Waals surface area contributed by atoms with Crippen molar-refractivity contribution in [3.8, 4) is 11.5 Å². The highest BCUT2D eigenvalue weighted by Crippen LogP contribution is 2.38. The molecule has 5 heteroatoms. The summed E-state index contributed by atoms with van der Waals surface area (Å²) in [6.45, 7) is 4.37. The molecule has 116 valence electrons. The third kappa shape index (κ3) is 3.62. The van der Waals surface area contributed by atoms with Crippen molar-refractivity contribution in [1.29, 1.82) is 0 Å². The number of methoxy groups -OCH3 is 1. The van der Waals surface area contributed by atoms with Crippen molar-refractivity contribution in [2.24, 2.45) is 0 Å². The maximum absolute atomic E-state index is 6.34. The number of likely N-dealkylation sites (tertiary alicyclic amines) is 1. The smallest absolute Gasteiger partial charge is 0.179 e. The molecule has 0 aliphatic carbocycles. The quantitative estimate of drug-likeness (QED) is 0.858. The zero-order valence-electron chi connectivity index (χ0n) is 12.4. The SMILES string of the molecule is COC1CCN(Cc2cc(Cl)c3c(c2)OCCCO3)CC1. The van der Waals surface area contributed by atoms with Crippen molar-refractivity contribution in [2.45, 2.75) is 31.9 Å². The van der Waals surface area contributed by atoms with Crippen LogP contribution in [0.25, 0.3) is 0 Å². The molecule has 1 aromatic rings. The first-order valence-corrected chi connectivity index (χ1v) is 7.97. The Morgan fingerprint density at radius 3 is 2.76 bits per heavy atom. The van der Waals surface area contributed by atoms with Crippen LogP contribution in [0.3, 0.4) is 0 Å². The molecule has 1 aromatic carbocycles. The van der Waals surface area contributed by atoms with E-state index in [1.54, 1.807) is 7.11 Å². The second-order valence-corrected chi connectivity index (χ2v) is 6.07.